The van der Waals surface area contributed by atoms with Crippen LogP contribution in [0.2, 0.25) is 0 Å². The lowest BCUT2D eigenvalue weighted by atomic mass is 10.0. The minimum atomic E-state index is -4.62. The van der Waals surface area contributed by atoms with Gasteiger partial charge in [0.1, 0.15) is 23.1 Å². The van der Waals surface area contributed by atoms with Gasteiger partial charge in [0.15, 0.2) is 0 Å². The van der Waals surface area contributed by atoms with Crippen molar-refractivity contribution in [2.75, 3.05) is 7.11 Å². The van der Waals surface area contributed by atoms with Crippen LogP contribution in [0.25, 0.3) is 33.5 Å². The number of carbonyl (C=O) groups excluding carboxylic acids is 1. The molecule has 12 heteroatoms. The molecule has 3 N–H and O–H groups in total. The highest BCUT2D eigenvalue weighted by Crippen LogP contribution is 2.35. The van der Waals surface area contributed by atoms with Gasteiger partial charge in [-0.05, 0) is 61.0 Å². The Bertz CT molecular complexity index is 1700. The number of halogens is 3. The number of rotatable bonds is 6. The van der Waals surface area contributed by atoms with E-state index in [-0.39, 0.29) is 29.4 Å². The van der Waals surface area contributed by atoms with E-state index in [9.17, 15) is 23.1 Å². The number of pyridine rings is 1. The Morgan fingerprint density at radius 2 is 1.87 bits per heavy atom. The number of phenolic OH excluding ortho intramolecular Hbond substituents is 1. The number of imidazole rings is 1. The van der Waals surface area contributed by atoms with Crippen molar-refractivity contribution in [3.05, 3.63) is 83.6 Å². The van der Waals surface area contributed by atoms with Crippen molar-refractivity contribution >= 4 is 16.9 Å². The quantitative estimate of drug-likeness (QED) is 0.278. The molecule has 3 heterocycles. The Kier molecular flexibility index (Phi) is 6.60. The third kappa shape index (κ3) is 5.35. The Hall–Kier alpha value is -5.00. The summed E-state index contributed by atoms with van der Waals surface area (Å²) >= 11 is 0. The maximum Gasteiger partial charge on any atom is 0.433 e. The van der Waals surface area contributed by atoms with Crippen LogP contribution in [0.1, 0.15) is 27.6 Å². The van der Waals surface area contributed by atoms with Crippen molar-refractivity contribution < 1.29 is 27.8 Å². The van der Waals surface area contributed by atoms with Crippen molar-refractivity contribution in [1.29, 1.82) is 0 Å². The number of aromatic amines is 1. The number of fused-ring (bicyclic) bond motifs is 1. The molecule has 0 fully saturated rings. The third-order valence-electron chi connectivity index (χ3n) is 5.87. The number of aromatic nitrogens is 5. The van der Waals surface area contributed by atoms with Crippen molar-refractivity contribution in [2.45, 2.75) is 19.6 Å². The SMILES string of the molecule is COc1ncccc1-c1ccc(O)c(-c2nc3ccc(C(=O)NCc4nc(C)cc(C(F)(F)F)n4)cc3[nH]2)c1. The number of aryl methyl sites for hydroxylation is 1. The van der Waals surface area contributed by atoms with Gasteiger partial charge in [-0.15, -0.1) is 0 Å². The zero-order chi connectivity index (χ0) is 27.7. The average Bonchev–Trinajstić information content (AvgIpc) is 3.34. The summed E-state index contributed by atoms with van der Waals surface area (Å²) in [5.74, 6) is 0.120. The number of H-pyrrole nitrogens is 1. The van der Waals surface area contributed by atoms with Crippen molar-refractivity contribution in [2.24, 2.45) is 0 Å². The summed E-state index contributed by atoms with van der Waals surface area (Å²) in [6.45, 7) is 1.14. The monoisotopic (exact) mass is 534 g/mol. The maximum absolute atomic E-state index is 13.0. The zero-order valence-electron chi connectivity index (χ0n) is 20.7. The summed E-state index contributed by atoms with van der Waals surface area (Å²) in [5, 5.41) is 13.1. The first-order valence-corrected chi connectivity index (χ1v) is 11.6. The minimum absolute atomic E-state index is 0.00462. The molecule has 9 nitrogen and oxygen atoms in total. The molecule has 0 radical (unpaired) electrons. The van der Waals surface area contributed by atoms with Gasteiger partial charge in [-0.2, -0.15) is 13.2 Å². The van der Waals surface area contributed by atoms with Gasteiger partial charge < -0.3 is 20.1 Å². The molecule has 198 valence electrons. The van der Waals surface area contributed by atoms with E-state index >= 15 is 0 Å². The molecule has 0 saturated heterocycles. The zero-order valence-corrected chi connectivity index (χ0v) is 20.7. The van der Waals surface area contributed by atoms with Gasteiger partial charge in [0.25, 0.3) is 5.91 Å². The lowest BCUT2D eigenvalue weighted by molar-refractivity contribution is -0.141. The molecule has 0 atom stereocenters. The highest BCUT2D eigenvalue weighted by molar-refractivity contribution is 5.97. The third-order valence-corrected chi connectivity index (χ3v) is 5.87. The van der Waals surface area contributed by atoms with E-state index in [0.29, 0.717) is 28.3 Å². The number of nitrogens with one attached hydrogen (secondary N) is 2. The summed E-state index contributed by atoms with van der Waals surface area (Å²) in [6.07, 6.45) is -3.00. The lowest BCUT2D eigenvalue weighted by Crippen LogP contribution is -2.25. The summed E-state index contributed by atoms with van der Waals surface area (Å²) < 4.78 is 44.5. The number of ether oxygens (including phenoxy) is 1. The largest absolute Gasteiger partial charge is 0.507 e. The van der Waals surface area contributed by atoms with Gasteiger partial charge in [0, 0.05) is 23.0 Å². The first kappa shape index (κ1) is 25.6. The Balaban J connectivity index is 1.39. The Morgan fingerprint density at radius 3 is 2.64 bits per heavy atom. The van der Waals surface area contributed by atoms with Gasteiger partial charge in [-0.25, -0.2) is 19.9 Å². The van der Waals surface area contributed by atoms with E-state index in [2.05, 4.69) is 30.2 Å². The van der Waals surface area contributed by atoms with Crippen LogP contribution in [0.5, 0.6) is 11.6 Å². The number of amides is 1. The van der Waals surface area contributed by atoms with Crippen LogP contribution in [0, 0.1) is 6.92 Å². The fourth-order valence-corrected chi connectivity index (χ4v) is 4.06. The highest BCUT2D eigenvalue weighted by Gasteiger charge is 2.33. The van der Waals surface area contributed by atoms with Gasteiger partial charge in [0.05, 0.1) is 30.3 Å². The van der Waals surface area contributed by atoms with Crippen molar-refractivity contribution in [3.8, 4) is 34.1 Å². The number of alkyl halides is 3. The Morgan fingerprint density at radius 1 is 1.05 bits per heavy atom. The number of phenols is 1. The van der Waals surface area contributed by atoms with E-state index in [1.165, 1.54) is 20.1 Å². The summed E-state index contributed by atoms with van der Waals surface area (Å²) in [6, 6.07) is 14.2. The number of aromatic hydroxyl groups is 1. The highest BCUT2D eigenvalue weighted by atomic mass is 19.4. The molecule has 0 aliphatic heterocycles. The lowest BCUT2D eigenvalue weighted by Gasteiger charge is -2.09. The normalized spacial score (nSPS) is 11.5. The standard InChI is InChI=1S/C27H21F3N6O3/c1-14-10-22(27(28,29)30)36-23(33-14)13-32-25(38)16-5-7-19-20(12-16)35-24(34-19)18-11-15(6-8-21(18)37)17-4-3-9-31-26(17)39-2/h3-12,37H,13H2,1-2H3,(H,32,38)(H,34,35). The fourth-order valence-electron chi connectivity index (χ4n) is 4.06. The summed E-state index contributed by atoms with van der Waals surface area (Å²) in [5.41, 5.74) is 2.30. The van der Waals surface area contributed by atoms with Gasteiger partial charge in [-0.3, -0.25) is 4.79 Å². The number of benzene rings is 2. The minimum Gasteiger partial charge on any atom is -0.507 e. The molecule has 0 aliphatic carbocycles. The molecule has 0 saturated carbocycles. The van der Waals surface area contributed by atoms with Crippen LogP contribution < -0.4 is 10.1 Å². The van der Waals surface area contributed by atoms with Crippen LogP contribution in [0.3, 0.4) is 0 Å². The predicted octanol–water partition coefficient (Wildman–Crippen LogP) is 5.05. The number of hydrogen-bond donors (Lipinski definition) is 3. The molecule has 5 rings (SSSR count). The fraction of sp³-hybridized carbons (Fsp3) is 0.148. The molecule has 5 aromatic rings. The predicted molar refractivity (Wildman–Crippen MR) is 136 cm³/mol. The molecular formula is C27H21F3N6O3. The molecule has 0 bridgehead atoms. The van der Waals surface area contributed by atoms with Crippen LogP contribution in [-0.4, -0.2) is 43.0 Å². The summed E-state index contributed by atoms with van der Waals surface area (Å²) in [7, 11) is 1.52. The molecule has 39 heavy (non-hydrogen) atoms. The van der Waals surface area contributed by atoms with Crippen molar-refractivity contribution in [3.63, 3.8) is 0 Å². The molecule has 0 unspecified atom stereocenters. The van der Waals surface area contributed by atoms with E-state index in [1.54, 1.807) is 42.6 Å². The smallest absolute Gasteiger partial charge is 0.433 e. The van der Waals surface area contributed by atoms with E-state index in [0.717, 1.165) is 17.2 Å². The van der Waals surface area contributed by atoms with Crippen molar-refractivity contribution in [1.82, 2.24) is 30.2 Å². The number of carbonyl (C=O) groups is 1. The van der Waals surface area contributed by atoms with E-state index in [4.69, 9.17) is 4.74 Å². The van der Waals surface area contributed by atoms with E-state index < -0.39 is 17.8 Å². The molecule has 0 aliphatic rings. The molecule has 3 aromatic heterocycles. The van der Waals surface area contributed by atoms with Crippen LogP contribution in [0.15, 0.2) is 60.8 Å². The molecule has 1 amide bonds. The average molecular weight is 534 g/mol. The Labute approximate surface area is 219 Å². The second-order valence-corrected chi connectivity index (χ2v) is 8.60. The first-order chi connectivity index (χ1) is 18.6. The van der Waals surface area contributed by atoms with E-state index in [1.807, 2.05) is 6.07 Å². The second-order valence-electron chi connectivity index (χ2n) is 8.60. The van der Waals surface area contributed by atoms with Crippen LogP contribution in [0.4, 0.5) is 13.2 Å². The van der Waals surface area contributed by atoms with Crippen LogP contribution in [-0.2, 0) is 12.7 Å². The molecule has 0 spiro atoms. The number of methoxy groups -OCH3 is 1. The van der Waals surface area contributed by atoms with Crippen LogP contribution >= 0.6 is 0 Å². The molecular weight excluding hydrogens is 513 g/mol. The van der Waals surface area contributed by atoms with Gasteiger partial charge in [-0.1, -0.05) is 6.07 Å². The van der Waals surface area contributed by atoms with Gasteiger partial charge in [0.2, 0.25) is 5.88 Å². The maximum atomic E-state index is 13.0. The first-order valence-electron chi connectivity index (χ1n) is 11.6. The summed E-state index contributed by atoms with van der Waals surface area (Å²) in [4.78, 5) is 32.1. The van der Waals surface area contributed by atoms with Gasteiger partial charge >= 0.3 is 6.18 Å². The topological polar surface area (TPSA) is 126 Å². The second kappa shape index (κ2) is 10.0. The number of nitrogens with zero attached hydrogens (tertiary/aromatic N) is 4. The number of hydrogen-bond acceptors (Lipinski definition) is 7. The molecule has 2 aromatic carbocycles.